The van der Waals surface area contributed by atoms with E-state index < -0.39 is 24.3 Å². The van der Waals surface area contributed by atoms with Crippen molar-refractivity contribution in [2.45, 2.75) is 19.4 Å². The molecule has 154 valence electrons. The zero-order valence-corrected chi connectivity index (χ0v) is 16.6. The van der Waals surface area contributed by atoms with Crippen molar-refractivity contribution in [3.8, 4) is 22.6 Å². The van der Waals surface area contributed by atoms with Crippen LogP contribution in [-0.4, -0.2) is 24.5 Å². The Bertz CT molecular complexity index is 1040. The first-order valence-corrected chi connectivity index (χ1v) is 9.32. The predicted molar refractivity (Wildman–Crippen MR) is 110 cm³/mol. The maximum atomic E-state index is 14.7. The van der Waals surface area contributed by atoms with E-state index in [9.17, 15) is 19.1 Å². The van der Waals surface area contributed by atoms with E-state index in [4.69, 9.17) is 9.47 Å². The van der Waals surface area contributed by atoms with Gasteiger partial charge in [0.2, 0.25) is 0 Å². The third-order valence-electron chi connectivity index (χ3n) is 4.81. The largest absolute Gasteiger partial charge is 0.493 e. The molecular formula is C24H21FO5. The third kappa shape index (κ3) is 4.39. The van der Waals surface area contributed by atoms with Crippen LogP contribution >= 0.6 is 0 Å². The molecule has 0 spiro atoms. The van der Waals surface area contributed by atoms with Crippen molar-refractivity contribution in [3.05, 3.63) is 83.2 Å². The van der Waals surface area contributed by atoms with Crippen LogP contribution in [0.25, 0.3) is 11.1 Å². The molecule has 3 rings (SSSR count). The number of ether oxygens (including phenoxy) is 2. The second-order valence-corrected chi connectivity index (χ2v) is 6.74. The topological polar surface area (TPSA) is 72.8 Å². The van der Waals surface area contributed by atoms with Crippen molar-refractivity contribution in [2.24, 2.45) is 0 Å². The molecule has 0 radical (unpaired) electrons. The van der Waals surface area contributed by atoms with E-state index in [1.165, 1.54) is 25.3 Å². The lowest BCUT2D eigenvalue weighted by Crippen LogP contribution is -2.18. The van der Waals surface area contributed by atoms with Gasteiger partial charge in [-0.15, -0.1) is 0 Å². The number of halogens is 1. The summed E-state index contributed by atoms with van der Waals surface area (Å²) < 4.78 is 25.3. The minimum Gasteiger partial charge on any atom is -0.493 e. The second kappa shape index (κ2) is 9.33. The molecule has 0 saturated heterocycles. The van der Waals surface area contributed by atoms with Crippen LogP contribution in [0.1, 0.15) is 34.3 Å². The molecule has 1 unspecified atom stereocenters. The molecular weight excluding hydrogens is 387 g/mol. The Morgan fingerprint density at radius 1 is 1.13 bits per heavy atom. The van der Waals surface area contributed by atoms with Crippen molar-refractivity contribution >= 4 is 12.3 Å². The number of rotatable bonds is 7. The molecule has 30 heavy (non-hydrogen) atoms. The fourth-order valence-electron chi connectivity index (χ4n) is 3.11. The number of carbonyl (C=O) groups excluding carboxylic acids is 2. The van der Waals surface area contributed by atoms with Crippen molar-refractivity contribution in [1.29, 1.82) is 0 Å². The van der Waals surface area contributed by atoms with Gasteiger partial charge in [-0.3, -0.25) is 9.59 Å². The minimum atomic E-state index is -0.772. The van der Waals surface area contributed by atoms with Gasteiger partial charge in [-0.25, -0.2) is 4.39 Å². The first kappa shape index (κ1) is 21.2. The lowest BCUT2D eigenvalue weighted by Gasteiger charge is -2.17. The number of hydrogen-bond acceptors (Lipinski definition) is 5. The molecule has 0 aliphatic heterocycles. The molecule has 3 aromatic carbocycles. The summed E-state index contributed by atoms with van der Waals surface area (Å²) in [6.07, 6.45) is 0.604. The summed E-state index contributed by atoms with van der Waals surface area (Å²) in [7, 11) is 1.36. The Morgan fingerprint density at radius 2 is 1.87 bits per heavy atom. The van der Waals surface area contributed by atoms with E-state index in [1.54, 1.807) is 19.1 Å². The van der Waals surface area contributed by atoms with E-state index in [0.717, 1.165) is 5.56 Å². The van der Waals surface area contributed by atoms with E-state index in [-0.39, 0.29) is 22.6 Å². The summed E-state index contributed by atoms with van der Waals surface area (Å²) in [6.45, 7) is 1.15. The standard InChI is InChI=1S/C24H21FO5/c1-15(18-8-9-20(21(25)12-18)17-6-4-3-5-7-17)24(28)30-23-19(14-27)10-16(13-26)11-22(23)29-2/h3-13,15,27H,14H2,1-2H3. The van der Waals surface area contributed by atoms with Gasteiger partial charge in [0.1, 0.15) is 12.1 Å². The molecule has 0 heterocycles. The number of aliphatic hydroxyl groups excluding tert-OH is 1. The van der Waals surface area contributed by atoms with E-state index in [0.29, 0.717) is 17.4 Å². The number of carbonyl (C=O) groups is 2. The second-order valence-electron chi connectivity index (χ2n) is 6.74. The first-order chi connectivity index (χ1) is 14.5. The molecule has 6 heteroatoms. The minimum absolute atomic E-state index is 0.0313. The SMILES string of the molecule is COc1cc(C=O)cc(CO)c1OC(=O)C(C)c1ccc(-c2ccccc2)c(F)c1. The van der Waals surface area contributed by atoms with Gasteiger partial charge < -0.3 is 14.6 Å². The van der Waals surface area contributed by atoms with Crippen molar-refractivity contribution in [2.75, 3.05) is 7.11 Å². The fraction of sp³-hybridized carbons (Fsp3) is 0.167. The van der Waals surface area contributed by atoms with Gasteiger partial charge in [-0.05, 0) is 36.2 Å². The molecule has 0 fully saturated rings. The zero-order chi connectivity index (χ0) is 21.7. The smallest absolute Gasteiger partial charge is 0.318 e. The van der Waals surface area contributed by atoms with Gasteiger partial charge in [-0.1, -0.05) is 42.5 Å². The molecule has 0 aliphatic carbocycles. The highest BCUT2D eigenvalue weighted by atomic mass is 19.1. The highest BCUT2D eigenvalue weighted by Gasteiger charge is 2.23. The fourth-order valence-corrected chi connectivity index (χ4v) is 3.11. The number of methoxy groups -OCH3 is 1. The summed E-state index contributed by atoms with van der Waals surface area (Å²) in [4.78, 5) is 23.8. The van der Waals surface area contributed by atoms with Gasteiger partial charge in [0.25, 0.3) is 0 Å². The number of aliphatic hydroxyl groups is 1. The van der Waals surface area contributed by atoms with Crippen LogP contribution in [0, 0.1) is 5.82 Å². The van der Waals surface area contributed by atoms with Crippen molar-refractivity contribution < 1.29 is 28.6 Å². The molecule has 0 saturated carbocycles. The van der Waals surface area contributed by atoms with Gasteiger partial charge in [0.15, 0.2) is 11.5 Å². The van der Waals surface area contributed by atoms with Crippen LogP contribution in [0.15, 0.2) is 60.7 Å². The average Bonchev–Trinajstić information content (AvgIpc) is 2.78. The van der Waals surface area contributed by atoms with Crippen LogP contribution in [0.5, 0.6) is 11.5 Å². The van der Waals surface area contributed by atoms with Crippen molar-refractivity contribution in [1.82, 2.24) is 0 Å². The Hall–Kier alpha value is -3.51. The van der Waals surface area contributed by atoms with E-state index >= 15 is 0 Å². The molecule has 5 nitrogen and oxygen atoms in total. The Labute approximate surface area is 173 Å². The normalized spacial score (nSPS) is 11.6. The van der Waals surface area contributed by atoms with Gasteiger partial charge in [0, 0.05) is 16.7 Å². The van der Waals surface area contributed by atoms with Crippen LogP contribution in [0.3, 0.4) is 0 Å². The Kier molecular flexibility index (Phi) is 6.59. The summed E-state index contributed by atoms with van der Waals surface area (Å²) in [6, 6.07) is 16.6. The average molecular weight is 408 g/mol. The Balaban J connectivity index is 1.86. The first-order valence-electron chi connectivity index (χ1n) is 9.32. The molecule has 0 amide bonds. The van der Waals surface area contributed by atoms with Crippen LogP contribution in [-0.2, 0) is 11.4 Å². The quantitative estimate of drug-likeness (QED) is 0.354. The van der Waals surface area contributed by atoms with Crippen LogP contribution in [0.2, 0.25) is 0 Å². The van der Waals surface area contributed by atoms with Gasteiger partial charge in [-0.2, -0.15) is 0 Å². The molecule has 0 aromatic heterocycles. The monoisotopic (exact) mass is 408 g/mol. The summed E-state index contributed by atoms with van der Waals surface area (Å²) in [5.74, 6) is -1.68. The molecule has 1 N–H and O–H groups in total. The van der Waals surface area contributed by atoms with Gasteiger partial charge in [0.05, 0.1) is 19.6 Å². The summed E-state index contributed by atoms with van der Waals surface area (Å²) in [5, 5.41) is 9.59. The Morgan fingerprint density at radius 3 is 2.47 bits per heavy atom. The number of hydrogen-bond donors (Lipinski definition) is 1. The van der Waals surface area contributed by atoms with E-state index in [2.05, 4.69) is 0 Å². The summed E-state index contributed by atoms with van der Waals surface area (Å²) in [5.41, 5.74) is 2.15. The number of esters is 1. The van der Waals surface area contributed by atoms with Gasteiger partial charge >= 0.3 is 5.97 Å². The predicted octanol–water partition coefficient (Wildman–Crippen LogP) is 4.52. The lowest BCUT2D eigenvalue weighted by molar-refractivity contribution is -0.135. The van der Waals surface area contributed by atoms with Crippen molar-refractivity contribution in [3.63, 3.8) is 0 Å². The maximum absolute atomic E-state index is 14.7. The number of aldehydes is 1. The molecule has 3 aromatic rings. The molecule has 0 aliphatic rings. The van der Waals surface area contributed by atoms with Crippen LogP contribution in [0.4, 0.5) is 4.39 Å². The molecule has 1 atom stereocenters. The zero-order valence-electron chi connectivity index (χ0n) is 16.6. The summed E-state index contributed by atoms with van der Waals surface area (Å²) >= 11 is 0. The van der Waals surface area contributed by atoms with E-state index in [1.807, 2.05) is 30.3 Å². The van der Waals surface area contributed by atoms with Crippen LogP contribution < -0.4 is 9.47 Å². The maximum Gasteiger partial charge on any atom is 0.318 e. The lowest BCUT2D eigenvalue weighted by atomic mass is 9.97. The molecule has 0 bridgehead atoms. The number of benzene rings is 3. The highest BCUT2D eigenvalue weighted by molar-refractivity contribution is 5.83. The third-order valence-corrected chi connectivity index (χ3v) is 4.81. The highest BCUT2D eigenvalue weighted by Crippen LogP contribution is 2.34.